The number of amides is 1. The lowest BCUT2D eigenvalue weighted by Crippen LogP contribution is -2.36. The molecule has 0 radical (unpaired) electrons. The topological polar surface area (TPSA) is 87.3 Å². The maximum Gasteiger partial charge on any atom is 0.261 e. The molecule has 3 N–H and O–H groups in total. The summed E-state index contributed by atoms with van der Waals surface area (Å²) in [6, 6.07) is 22.8. The van der Waals surface area contributed by atoms with E-state index < -0.39 is 10.0 Å². The highest BCUT2D eigenvalue weighted by molar-refractivity contribution is 7.92. The summed E-state index contributed by atoms with van der Waals surface area (Å²) in [6.07, 6.45) is 0.997. The molecule has 34 heavy (non-hydrogen) atoms. The van der Waals surface area contributed by atoms with Gasteiger partial charge in [-0.25, -0.2) is 8.42 Å². The van der Waals surface area contributed by atoms with Crippen LogP contribution in [0.4, 0.5) is 11.4 Å². The Morgan fingerprint density at radius 1 is 0.853 bits per heavy atom. The van der Waals surface area contributed by atoms with Gasteiger partial charge in [-0.15, -0.1) is 0 Å². The Hall–Kier alpha value is -3.23. The summed E-state index contributed by atoms with van der Waals surface area (Å²) in [5, 5.41) is 5.77. The summed E-state index contributed by atoms with van der Waals surface area (Å²) in [6.45, 7) is 6.17. The smallest absolute Gasteiger partial charge is 0.261 e. The number of hydrogen-bond acceptors (Lipinski definition) is 4. The number of para-hydroxylation sites is 1. The molecule has 3 aromatic rings. The number of anilines is 2. The van der Waals surface area contributed by atoms with Crippen LogP contribution in [0.2, 0.25) is 0 Å². The van der Waals surface area contributed by atoms with E-state index in [0.29, 0.717) is 17.3 Å². The molecule has 0 fully saturated rings. The van der Waals surface area contributed by atoms with Gasteiger partial charge in [0.2, 0.25) is 5.91 Å². The highest BCUT2D eigenvalue weighted by Crippen LogP contribution is 2.19. The minimum atomic E-state index is -3.71. The lowest BCUT2D eigenvalue weighted by atomic mass is 9.96. The minimum absolute atomic E-state index is 0.117. The fourth-order valence-corrected chi connectivity index (χ4v) is 4.66. The number of sulfonamides is 1. The van der Waals surface area contributed by atoms with Crippen molar-refractivity contribution in [3.63, 3.8) is 0 Å². The van der Waals surface area contributed by atoms with Crippen LogP contribution in [0.1, 0.15) is 37.8 Å². The van der Waals surface area contributed by atoms with Crippen molar-refractivity contribution in [2.45, 2.75) is 38.0 Å². The van der Waals surface area contributed by atoms with E-state index in [1.54, 1.807) is 36.4 Å². The number of rotatable bonds is 8. The fraction of sp³-hybridized carbons (Fsp3) is 0.231. The quantitative estimate of drug-likeness (QED) is 0.369. The molecule has 1 atom stereocenters. The minimum Gasteiger partial charge on any atom is -0.332 e. The molecule has 0 bridgehead atoms. The Morgan fingerprint density at radius 3 is 2.06 bits per heavy atom. The van der Waals surface area contributed by atoms with Gasteiger partial charge in [0, 0.05) is 11.4 Å². The predicted molar refractivity (Wildman–Crippen MR) is 141 cm³/mol. The standard InChI is InChI=1S/C26H29N3O3S2/c1-18(2)17-20-9-11-21(12-10-20)19(3)25(30)28-26(33)27-22-13-15-24(16-14-22)34(31,32)29-23-7-5-4-6-8-23/h4-16,18-19,29H,17H2,1-3H3,(H2,27,28,30,33). The van der Waals surface area contributed by atoms with Gasteiger partial charge in [0.25, 0.3) is 10.0 Å². The van der Waals surface area contributed by atoms with E-state index in [0.717, 1.165) is 12.0 Å². The van der Waals surface area contributed by atoms with E-state index in [4.69, 9.17) is 12.2 Å². The van der Waals surface area contributed by atoms with Crippen LogP contribution in [0, 0.1) is 5.92 Å². The third-order valence-corrected chi connectivity index (χ3v) is 6.80. The maximum absolute atomic E-state index is 12.6. The summed E-state index contributed by atoms with van der Waals surface area (Å²) in [4.78, 5) is 12.8. The van der Waals surface area contributed by atoms with Gasteiger partial charge in [0.05, 0.1) is 10.8 Å². The van der Waals surface area contributed by atoms with Gasteiger partial charge in [-0.1, -0.05) is 56.3 Å². The zero-order valence-electron chi connectivity index (χ0n) is 19.4. The summed E-state index contributed by atoms with van der Waals surface area (Å²) < 4.78 is 27.6. The van der Waals surface area contributed by atoms with Gasteiger partial charge >= 0.3 is 0 Å². The van der Waals surface area contributed by atoms with E-state index >= 15 is 0 Å². The Balaban J connectivity index is 1.56. The molecular weight excluding hydrogens is 466 g/mol. The molecule has 0 saturated carbocycles. The summed E-state index contributed by atoms with van der Waals surface area (Å²) in [7, 11) is -3.71. The van der Waals surface area contributed by atoms with Crippen LogP contribution < -0.4 is 15.4 Å². The first kappa shape index (κ1) is 25.4. The first-order chi connectivity index (χ1) is 16.1. The lowest BCUT2D eigenvalue weighted by molar-refractivity contribution is -0.120. The highest BCUT2D eigenvalue weighted by Gasteiger charge is 2.17. The van der Waals surface area contributed by atoms with Crippen LogP contribution in [-0.2, 0) is 21.2 Å². The van der Waals surface area contributed by atoms with Crippen molar-refractivity contribution in [1.82, 2.24) is 5.32 Å². The Morgan fingerprint density at radius 2 is 1.47 bits per heavy atom. The van der Waals surface area contributed by atoms with Crippen molar-refractivity contribution in [3.8, 4) is 0 Å². The number of nitrogens with one attached hydrogen (secondary N) is 3. The second-order valence-electron chi connectivity index (χ2n) is 8.50. The number of thiocarbonyl (C=S) groups is 1. The SMILES string of the molecule is CC(C)Cc1ccc(C(C)C(=O)NC(=S)Nc2ccc(S(=O)(=O)Nc3ccccc3)cc2)cc1. The van der Waals surface area contributed by atoms with Gasteiger partial charge in [-0.3, -0.25) is 9.52 Å². The summed E-state index contributed by atoms with van der Waals surface area (Å²) in [5.41, 5.74) is 3.20. The molecule has 0 heterocycles. The molecule has 6 nitrogen and oxygen atoms in total. The molecule has 3 aromatic carbocycles. The van der Waals surface area contributed by atoms with E-state index in [9.17, 15) is 13.2 Å². The number of carbonyl (C=O) groups excluding carboxylic acids is 1. The molecule has 0 aliphatic carbocycles. The van der Waals surface area contributed by atoms with Crippen LogP contribution >= 0.6 is 12.2 Å². The van der Waals surface area contributed by atoms with Crippen LogP contribution in [0.3, 0.4) is 0 Å². The second kappa shape index (κ2) is 11.3. The first-order valence-electron chi connectivity index (χ1n) is 11.0. The molecule has 0 aromatic heterocycles. The monoisotopic (exact) mass is 495 g/mol. The third kappa shape index (κ3) is 7.13. The van der Waals surface area contributed by atoms with Crippen molar-refractivity contribution in [1.29, 1.82) is 0 Å². The van der Waals surface area contributed by atoms with Gasteiger partial charge in [0.15, 0.2) is 5.11 Å². The second-order valence-corrected chi connectivity index (χ2v) is 10.6. The van der Waals surface area contributed by atoms with E-state index in [2.05, 4.69) is 41.3 Å². The largest absolute Gasteiger partial charge is 0.332 e. The average molecular weight is 496 g/mol. The van der Waals surface area contributed by atoms with E-state index in [1.807, 2.05) is 25.1 Å². The fourth-order valence-electron chi connectivity index (χ4n) is 3.39. The van der Waals surface area contributed by atoms with Gasteiger partial charge in [-0.2, -0.15) is 0 Å². The highest BCUT2D eigenvalue weighted by atomic mass is 32.2. The van der Waals surface area contributed by atoms with Gasteiger partial charge in [0.1, 0.15) is 0 Å². The molecule has 3 rings (SSSR count). The predicted octanol–water partition coefficient (Wildman–Crippen LogP) is 5.30. The summed E-state index contributed by atoms with van der Waals surface area (Å²) >= 11 is 5.27. The van der Waals surface area contributed by atoms with Crippen molar-refractivity contribution in [2.24, 2.45) is 5.92 Å². The van der Waals surface area contributed by atoms with Crippen LogP contribution in [0.5, 0.6) is 0 Å². The summed E-state index contributed by atoms with van der Waals surface area (Å²) in [5.74, 6) is -0.0193. The first-order valence-corrected chi connectivity index (χ1v) is 12.9. The third-order valence-electron chi connectivity index (χ3n) is 5.20. The number of benzene rings is 3. The number of carbonyl (C=O) groups is 1. The average Bonchev–Trinajstić information content (AvgIpc) is 2.79. The van der Waals surface area contributed by atoms with Crippen LogP contribution in [0.25, 0.3) is 0 Å². The molecule has 0 aliphatic heterocycles. The van der Waals surface area contributed by atoms with Crippen LogP contribution in [-0.4, -0.2) is 19.4 Å². The van der Waals surface area contributed by atoms with Crippen molar-refractivity contribution < 1.29 is 13.2 Å². The normalized spacial score (nSPS) is 12.1. The van der Waals surface area contributed by atoms with Gasteiger partial charge in [-0.05, 0) is 79.0 Å². The molecule has 0 spiro atoms. The van der Waals surface area contributed by atoms with E-state index in [1.165, 1.54) is 17.7 Å². The Kier molecular flexibility index (Phi) is 8.41. The van der Waals surface area contributed by atoms with Crippen LogP contribution in [0.15, 0.2) is 83.8 Å². The Bertz CT molecular complexity index is 1220. The van der Waals surface area contributed by atoms with Crippen molar-refractivity contribution in [3.05, 3.63) is 90.0 Å². The van der Waals surface area contributed by atoms with Crippen molar-refractivity contribution >= 4 is 44.6 Å². The lowest BCUT2D eigenvalue weighted by Gasteiger charge is -2.15. The van der Waals surface area contributed by atoms with Gasteiger partial charge < -0.3 is 10.6 Å². The molecule has 8 heteroatoms. The molecule has 1 unspecified atom stereocenters. The maximum atomic E-state index is 12.6. The molecule has 1 amide bonds. The zero-order valence-corrected chi connectivity index (χ0v) is 21.0. The molecular formula is C26H29N3O3S2. The zero-order chi connectivity index (χ0) is 24.7. The Labute approximate surface area is 206 Å². The number of hydrogen-bond donors (Lipinski definition) is 3. The molecule has 178 valence electrons. The molecule has 0 saturated heterocycles. The molecule has 0 aliphatic rings. The van der Waals surface area contributed by atoms with Crippen molar-refractivity contribution in [2.75, 3.05) is 10.0 Å². The van der Waals surface area contributed by atoms with E-state index in [-0.39, 0.29) is 21.8 Å².